The summed E-state index contributed by atoms with van der Waals surface area (Å²) in [6.07, 6.45) is 1.59. The molecule has 3 N–H and O–H groups in total. The van der Waals surface area contributed by atoms with E-state index in [9.17, 15) is 9.59 Å². The number of benzene rings is 3. The minimum atomic E-state index is -0.384. The average molecular weight is 412 g/mol. The molecule has 8 heteroatoms. The van der Waals surface area contributed by atoms with Crippen LogP contribution in [0.3, 0.4) is 0 Å². The fraction of sp³-hybridized carbons (Fsp3) is 0.0435. The largest absolute Gasteiger partial charge is 0.323 e. The number of amides is 3. The van der Waals surface area contributed by atoms with Crippen LogP contribution in [0, 0.1) is 0 Å². The van der Waals surface area contributed by atoms with Crippen molar-refractivity contribution >= 4 is 29.0 Å². The number of nitrogens with zero attached hydrogens (tertiary/aromatic N) is 3. The number of carbonyl (C=O) groups excluding carboxylic acids is 2. The van der Waals surface area contributed by atoms with Gasteiger partial charge in [0.1, 0.15) is 0 Å². The van der Waals surface area contributed by atoms with Crippen molar-refractivity contribution in [2.45, 2.75) is 6.54 Å². The Kier molecular flexibility index (Phi) is 5.99. The topological polar surface area (TPSA) is 101 Å². The van der Waals surface area contributed by atoms with Crippen molar-refractivity contribution in [3.63, 3.8) is 0 Å². The van der Waals surface area contributed by atoms with Gasteiger partial charge in [-0.05, 0) is 35.9 Å². The van der Waals surface area contributed by atoms with Crippen molar-refractivity contribution in [1.82, 2.24) is 15.0 Å². The summed E-state index contributed by atoms with van der Waals surface area (Å²) in [6, 6.07) is 25.4. The Morgan fingerprint density at radius 2 is 1.35 bits per heavy atom. The van der Waals surface area contributed by atoms with E-state index in [2.05, 4.69) is 26.3 Å². The standard InChI is InChI=1S/C23H20N6O2/c30-22(21-16-29(28-27-21)15-17-8-3-1-4-9-17)24-19-12-7-13-20(14-19)26-23(31)25-18-10-5-2-6-11-18/h1-14,16H,15H2,(H,24,30)(H2,25,26,31). The van der Waals surface area contributed by atoms with Crippen LogP contribution in [-0.2, 0) is 6.54 Å². The third kappa shape index (κ3) is 5.54. The molecule has 0 atom stereocenters. The second-order valence-electron chi connectivity index (χ2n) is 6.77. The molecule has 0 bridgehead atoms. The number of carbonyl (C=O) groups is 2. The van der Waals surface area contributed by atoms with Crippen LogP contribution in [0.5, 0.6) is 0 Å². The van der Waals surface area contributed by atoms with Gasteiger partial charge in [0.25, 0.3) is 5.91 Å². The molecule has 0 saturated heterocycles. The van der Waals surface area contributed by atoms with Crippen LogP contribution in [0.2, 0.25) is 0 Å². The van der Waals surface area contributed by atoms with Gasteiger partial charge in [0.15, 0.2) is 5.69 Å². The summed E-state index contributed by atoms with van der Waals surface area (Å²) in [5.74, 6) is -0.384. The molecule has 0 aliphatic rings. The Bertz CT molecular complexity index is 1170. The van der Waals surface area contributed by atoms with Crippen molar-refractivity contribution in [2.24, 2.45) is 0 Å². The molecule has 154 valence electrons. The minimum Gasteiger partial charge on any atom is -0.320 e. The van der Waals surface area contributed by atoms with Gasteiger partial charge >= 0.3 is 6.03 Å². The molecule has 0 aliphatic heterocycles. The molecule has 0 spiro atoms. The first kappa shape index (κ1) is 19.8. The lowest BCUT2D eigenvalue weighted by molar-refractivity contribution is 0.102. The molecule has 0 aliphatic carbocycles. The van der Waals surface area contributed by atoms with Crippen molar-refractivity contribution in [3.8, 4) is 0 Å². The van der Waals surface area contributed by atoms with Gasteiger partial charge in [-0.15, -0.1) is 5.10 Å². The third-order valence-electron chi connectivity index (χ3n) is 4.37. The fourth-order valence-electron chi connectivity index (χ4n) is 2.93. The maximum atomic E-state index is 12.5. The first-order valence-electron chi connectivity index (χ1n) is 9.64. The highest BCUT2D eigenvalue weighted by Crippen LogP contribution is 2.16. The summed E-state index contributed by atoms with van der Waals surface area (Å²) < 4.78 is 1.61. The molecule has 1 heterocycles. The summed E-state index contributed by atoms with van der Waals surface area (Å²) >= 11 is 0. The molecule has 1 aromatic heterocycles. The van der Waals surface area contributed by atoms with Gasteiger partial charge in [0.2, 0.25) is 0 Å². The molecule has 4 rings (SSSR count). The fourth-order valence-corrected chi connectivity index (χ4v) is 2.93. The Morgan fingerprint density at radius 3 is 2.10 bits per heavy atom. The zero-order chi connectivity index (χ0) is 21.5. The molecule has 3 amide bonds. The molecular formula is C23H20N6O2. The van der Waals surface area contributed by atoms with Gasteiger partial charge in [-0.3, -0.25) is 4.79 Å². The van der Waals surface area contributed by atoms with Crippen molar-refractivity contribution < 1.29 is 9.59 Å². The summed E-state index contributed by atoms with van der Waals surface area (Å²) in [5, 5.41) is 16.2. The summed E-state index contributed by atoms with van der Waals surface area (Å²) in [5.41, 5.74) is 3.02. The van der Waals surface area contributed by atoms with E-state index in [-0.39, 0.29) is 17.6 Å². The van der Waals surface area contributed by atoms with Crippen molar-refractivity contribution in [2.75, 3.05) is 16.0 Å². The second-order valence-corrected chi connectivity index (χ2v) is 6.77. The summed E-state index contributed by atoms with van der Waals surface area (Å²) in [7, 11) is 0. The molecule has 0 radical (unpaired) electrons. The number of para-hydroxylation sites is 1. The monoisotopic (exact) mass is 412 g/mol. The molecule has 0 unspecified atom stereocenters. The van der Waals surface area contributed by atoms with Gasteiger partial charge in [-0.2, -0.15) is 0 Å². The van der Waals surface area contributed by atoms with Gasteiger partial charge in [-0.1, -0.05) is 59.8 Å². The number of urea groups is 1. The predicted molar refractivity (Wildman–Crippen MR) is 119 cm³/mol. The van der Waals surface area contributed by atoms with Crippen LogP contribution in [0.1, 0.15) is 16.1 Å². The van der Waals surface area contributed by atoms with Crippen LogP contribution in [-0.4, -0.2) is 26.9 Å². The van der Waals surface area contributed by atoms with Gasteiger partial charge < -0.3 is 16.0 Å². The molecule has 31 heavy (non-hydrogen) atoms. The van der Waals surface area contributed by atoms with E-state index >= 15 is 0 Å². The third-order valence-corrected chi connectivity index (χ3v) is 4.37. The zero-order valence-corrected chi connectivity index (χ0v) is 16.5. The zero-order valence-electron chi connectivity index (χ0n) is 16.5. The molecular weight excluding hydrogens is 392 g/mol. The Labute approximate surface area is 178 Å². The molecule has 8 nitrogen and oxygen atoms in total. The van der Waals surface area contributed by atoms with E-state index in [4.69, 9.17) is 0 Å². The van der Waals surface area contributed by atoms with Crippen LogP contribution >= 0.6 is 0 Å². The number of anilines is 3. The Hall–Kier alpha value is -4.46. The van der Waals surface area contributed by atoms with Crippen molar-refractivity contribution in [1.29, 1.82) is 0 Å². The van der Waals surface area contributed by atoms with Crippen LogP contribution in [0.25, 0.3) is 0 Å². The molecule has 3 aromatic carbocycles. The second kappa shape index (κ2) is 9.36. The Balaban J connectivity index is 1.36. The minimum absolute atomic E-state index is 0.205. The highest BCUT2D eigenvalue weighted by Gasteiger charge is 2.12. The van der Waals surface area contributed by atoms with Gasteiger partial charge in [0, 0.05) is 17.1 Å². The van der Waals surface area contributed by atoms with E-state index in [1.165, 1.54) is 0 Å². The quantitative estimate of drug-likeness (QED) is 0.441. The van der Waals surface area contributed by atoms with Crippen LogP contribution in [0.15, 0.2) is 91.1 Å². The molecule has 0 saturated carbocycles. The SMILES string of the molecule is O=C(Nc1ccccc1)Nc1cccc(NC(=O)c2cn(Cc3ccccc3)nn2)c1. The van der Waals surface area contributed by atoms with Crippen LogP contribution < -0.4 is 16.0 Å². The maximum Gasteiger partial charge on any atom is 0.323 e. The van der Waals surface area contributed by atoms with E-state index < -0.39 is 0 Å². The lowest BCUT2D eigenvalue weighted by Gasteiger charge is -2.09. The first-order chi connectivity index (χ1) is 15.2. The van der Waals surface area contributed by atoms with Gasteiger partial charge in [0.05, 0.1) is 12.7 Å². The summed E-state index contributed by atoms with van der Waals surface area (Å²) in [6.45, 7) is 0.525. The van der Waals surface area contributed by atoms with Crippen LogP contribution in [0.4, 0.5) is 21.9 Å². The molecule has 4 aromatic rings. The van der Waals surface area contributed by atoms with Crippen molar-refractivity contribution in [3.05, 3.63) is 102 Å². The maximum absolute atomic E-state index is 12.5. The number of hydrogen-bond donors (Lipinski definition) is 3. The van der Waals surface area contributed by atoms with E-state index in [1.807, 2.05) is 48.5 Å². The van der Waals surface area contributed by atoms with Gasteiger partial charge in [-0.25, -0.2) is 9.48 Å². The number of hydrogen-bond acceptors (Lipinski definition) is 4. The number of rotatable bonds is 6. The number of aromatic nitrogens is 3. The average Bonchev–Trinajstić information content (AvgIpc) is 3.24. The Morgan fingerprint density at radius 1 is 0.742 bits per heavy atom. The first-order valence-corrected chi connectivity index (χ1v) is 9.64. The lowest BCUT2D eigenvalue weighted by atomic mass is 10.2. The smallest absolute Gasteiger partial charge is 0.320 e. The lowest BCUT2D eigenvalue weighted by Crippen LogP contribution is -2.19. The molecule has 0 fully saturated rings. The number of nitrogens with one attached hydrogen (secondary N) is 3. The van der Waals surface area contributed by atoms with E-state index in [1.54, 1.807) is 47.3 Å². The highest BCUT2D eigenvalue weighted by molar-refractivity contribution is 6.03. The normalized spacial score (nSPS) is 10.3. The van der Waals surface area contributed by atoms with E-state index in [0.29, 0.717) is 23.6 Å². The predicted octanol–water partition coefficient (Wildman–Crippen LogP) is 4.22. The summed E-state index contributed by atoms with van der Waals surface area (Å²) in [4.78, 5) is 24.7. The highest BCUT2D eigenvalue weighted by atomic mass is 16.2. The van der Waals surface area contributed by atoms with E-state index in [0.717, 1.165) is 5.56 Å².